The second kappa shape index (κ2) is 6.50. The van der Waals surface area contributed by atoms with Crippen LogP contribution in [0.5, 0.6) is 0 Å². The highest BCUT2D eigenvalue weighted by Crippen LogP contribution is 2.22. The van der Waals surface area contributed by atoms with E-state index in [2.05, 4.69) is 15.3 Å². The third-order valence-corrected chi connectivity index (χ3v) is 3.86. The van der Waals surface area contributed by atoms with Crippen molar-refractivity contribution in [3.63, 3.8) is 0 Å². The summed E-state index contributed by atoms with van der Waals surface area (Å²) in [7, 11) is 3.92. The van der Waals surface area contributed by atoms with Gasteiger partial charge in [0.1, 0.15) is 5.82 Å². The highest BCUT2D eigenvalue weighted by molar-refractivity contribution is 5.81. The van der Waals surface area contributed by atoms with Crippen molar-refractivity contribution in [2.45, 2.75) is 39.7 Å². The van der Waals surface area contributed by atoms with Gasteiger partial charge in [-0.05, 0) is 18.9 Å². The van der Waals surface area contributed by atoms with Gasteiger partial charge in [-0.25, -0.2) is 4.98 Å². The Labute approximate surface area is 132 Å². The third-order valence-electron chi connectivity index (χ3n) is 3.86. The van der Waals surface area contributed by atoms with Crippen LogP contribution in [0.1, 0.15) is 33.6 Å². The highest BCUT2D eigenvalue weighted by Gasteiger charge is 2.30. The number of carbonyl (C=O) groups is 1. The fourth-order valence-corrected chi connectivity index (χ4v) is 2.55. The molecular formula is C16H27N5O. The monoisotopic (exact) mass is 305 g/mol. The lowest BCUT2D eigenvalue weighted by Gasteiger charge is -2.36. The molecule has 0 saturated carbocycles. The largest absolute Gasteiger partial charge is 0.363 e. The molecule has 2 heterocycles. The first-order valence-electron chi connectivity index (χ1n) is 7.83. The molecule has 0 aliphatic carbocycles. The minimum absolute atomic E-state index is 0.233. The maximum atomic E-state index is 12.3. The molecule has 0 radical (unpaired) electrons. The topological polar surface area (TPSA) is 61.4 Å². The molecule has 1 amide bonds. The molecule has 1 fully saturated rings. The molecule has 1 aliphatic heterocycles. The van der Waals surface area contributed by atoms with Gasteiger partial charge in [0.25, 0.3) is 0 Å². The van der Waals surface area contributed by atoms with Crippen molar-refractivity contribution >= 4 is 17.7 Å². The van der Waals surface area contributed by atoms with Crippen molar-refractivity contribution in [1.82, 2.24) is 14.9 Å². The molecule has 1 aromatic rings. The lowest BCUT2D eigenvalue weighted by atomic mass is 9.93. The zero-order chi connectivity index (χ0) is 16.3. The summed E-state index contributed by atoms with van der Waals surface area (Å²) in [4.78, 5) is 25.0. The summed E-state index contributed by atoms with van der Waals surface area (Å²) < 4.78 is 0. The van der Waals surface area contributed by atoms with Crippen LogP contribution in [0.2, 0.25) is 0 Å². The number of hydrogen-bond donors (Lipinski definition) is 1. The van der Waals surface area contributed by atoms with E-state index in [-0.39, 0.29) is 11.3 Å². The molecule has 1 saturated heterocycles. The van der Waals surface area contributed by atoms with E-state index in [1.165, 1.54) is 0 Å². The molecule has 6 heteroatoms. The maximum absolute atomic E-state index is 12.3. The number of nitrogens with one attached hydrogen (secondary N) is 1. The van der Waals surface area contributed by atoms with Gasteiger partial charge in [-0.3, -0.25) is 4.79 Å². The minimum atomic E-state index is -0.302. The Morgan fingerprint density at radius 2 is 1.95 bits per heavy atom. The van der Waals surface area contributed by atoms with E-state index < -0.39 is 0 Å². The number of aromatic nitrogens is 2. The van der Waals surface area contributed by atoms with Gasteiger partial charge in [-0.1, -0.05) is 20.8 Å². The summed E-state index contributed by atoms with van der Waals surface area (Å²) in [5.74, 6) is 1.78. The predicted octanol–water partition coefficient (Wildman–Crippen LogP) is 1.99. The smallest absolute Gasteiger partial charge is 0.227 e. The van der Waals surface area contributed by atoms with Crippen LogP contribution in [0.15, 0.2) is 12.3 Å². The van der Waals surface area contributed by atoms with Crippen molar-refractivity contribution in [3.05, 3.63) is 12.3 Å². The van der Waals surface area contributed by atoms with Crippen LogP contribution >= 0.6 is 0 Å². The van der Waals surface area contributed by atoms with E-state index in [1.807, 2.05) is 50.7 Å². The number of hydrogen-bond acceptors (Lipinski definition) is 5. The van der Waals surface area contributed by atoms with E-state index in [0.29, 0.717) is 12.0 Å². The zero-order valence-electron chi connectivity index (χ0n) is 14.3. The van der Waals surface area contributed by atoms with Crippen LogP contribution in [0, 0.1) is 5.41 Å². The third kappa shape index (κ3) is 4.08. The van der Waals surface area contributed by atoms with E-state index in [4.69, 9.17) is 0 Å². The molecule has 0 bridgehead atoms. The van der Waals surface area contributed by atoms with Crippen LogP contribution in [0.25, 0.3) is 0 Å². The number of piperidine rings is 1. The first-order chi connectivity index (χ1) is 10.3. The summed E-state index contributed by atoms with van der Waals surface area (Å²) in [6.07, 6.45) is 3.62. The second-order valence-corrected chi connectivity index (χ2v) is 7.09. The molecule has 0 atom stereocenters. The van der Waals surface area contributed by atoms with Crippen molar-refractivity contribution in [2.24, 2.45) is 5.41 Å². The number of likely N-dealkylation sites (tertiary alicyclic amines) is 1. The Morgan fingerprint density at radius 3 is 2.50 bits per heavy atom. The zero-order valence-corrected chi connectivity index (χ0v) is 14.3. The van der Waals surface area contributed by atoms with Gasteiger partial charge >= 0.3 is 0 Å². The summed E-state index contributed by atoms with van der Waals surface area (Å²) in [6.45, 7) is 7.50. The van der Waals surface area contributed by atoms with Crippen LogP contribution in [0.4, 0.5) is 11.8 Å². The molecule has 2 rings (SSSR count). The van der Waals surface area contributed by atoms with E-state index in [9.17, 15) is 4.79 Å². The summed E-state index contributed by atoms with van der Waals surface area (Å²) in [6, 6.07) is 2.21. The maximum Gasteiger partial charge on any atom is 0.227 e. The number of nitrogens with zero attached hydrogens (tertiary/aromatic N) is 4. The number of carbonyl (C=O) groups excluding carboxylic acids is 1. The van der Waals surface area contributed by atoms with Gasteiger partial charge in [0.15, 0.2) is 0 Å². The Kier molecular flexibility index (Phi) is 4.88. The van der Waals surface area contributed by atoms with E-state index in [0.717, 1.165) is 31.7 Å². The van der Waals surface area contributed by atoms with Crippen molar-refractivity contribution < 1.29 is 4.79 Å². The first-order valence-corrected chi connectivity index (χ1v) is 7.83. The van der Waals surface area contributed by atoms with Crippen LogP contribution < -0.4 is 10.2 Å². The number of amides is 1. The van der Waals surface area contributed by atoms with Gasteiger partial charge in [0.05, 0.1) is 0 Å². The molecule has 0 unspecified atom stereocenters. The van der Waals surface area contributed by atoms with Gasteiger partial charge < -0.3 is 15.1 Å². The molecule has 122 valence electrons. The SMILES string of the molecule is CN(C)c1ccnc(NC2CCN(C(=O)C(C)(C)C)CC2)n1. The Balaban J connectivity index is 1.90. The van der Waals surface area contributed by atoms with Crippen LogP contribution in [-0.4, -0.2) is 54.0 Å². The summed E-state index contributed by atoms with van der Waals surface area (Å²) >= 11 is 0. The van der Waals surface area contributed by atoms with Gasteiger partial charge in [0, 0.05) is 44.8 Å². The average molecular weight is 305 g/mol. The molecule has 0 spiro atoms. The number of anilines is 2. The molecule has 1 N–H and O–H groups in total. The molecule has 1 aliphatic rings. The summed E-state index contributed by atoms with van der Waals surface area (Å²) in [5, 5.41) is 3.39. The minimum Gasteiger partial charge on any atom is -0.363 e. The Morgan fingerprint density at radius 1 is 1.32 bits per heavy atom. The van der Waals surface area contributed by atoms with E-state index >= 15 is 0 Å². The lowest BCUT2D eigenvalue weighted by Crippen LogP contribution is -2.46. The fourth-order valence-electron chi connectivity index (χ4n) is 2.55. The normalized spacial score (nSPS) is 16.5. The van der Waals surface area contributed by atoms with Crippen LogP contribution in [-0.2, 0) is 4.79 Å². The molecule has 22 heavy (non-hydrogen) atoms. The summed E-state index contributed by atoms with van der Waals surface area (Å²) in [5.41, 5.74) is -0.302. The average Bonchev–Trinajstić information content (AvgIpc) is 2.46. The molecule has 6 nitrogen and oxygen atoms in total. The fraction of sp³-hybridized carbons (Fsp3) is 0.688. The van der Waals surface area contributed by atoms with Crippen molar-refractivity contribution in [2.75, 3.05) is 37.4 Å². The quantitative estimate of drug-likeness (QED) is 0.925. The van der Waals surface area contributed by atoms with Gasteiger partial charge in [-0.2, -0.15) is 4.98 Å². The highest BCUT2D eigenvalue weighted by atomic mass is 16.2. The second-order valence-electron chi connectivity index (χ2n) is 7.09. The lowest BCUT2D eigenvalue weighted by molar-refractivity contribution is -0.140. The predicted molar refractivity (Wildman–Crippen MR) is 89.0 cm³/mol. The standard InChI is InChI=1S/C16H27N5O/c1-16(2,3)14(22)21-10-7-12(8-11-21)18-15-17-9-6-13(19-15)20(4)5/h6,9,12H,7-8,10-11H2,1-5H3,(H,17,18,19). The van der Waals surface area contributed by atoms with Gasteiger partial charge in [-0.15, -0.1) is 0 Å². The van der Waals surface area contributed by atoms with Crippen molar-refractivity contribution in [1.29, 1.82) is 0 Å². The molecular weight excluding hydrogens is 278 g/mol. The van der Waals surface area contributed by atoms with Crippen molar-refractivity contribution in [3.8, 4) is 0 Å². The Bertz CT molecular complexity index is 516. The van der Waals surface area contributed by atoms with Gasteiger partial charge in [0.2, 0.25) is 11.9 Å². The van der Waals surface area contributed by atoms with E-state index in [1.54, 1.807) is 6.20 Å². The molecule has 1 aromatic heterocycles. The first kappa shape index (κ1) is 16.5. The number of rotatable bonds is 3. The Hall–Kier alpha value is -1.85. The van der Waals surface area contributed by atoms with Crippen LogP contribution in [0.3, 0.4) is 0 Å². The molecule has 0 aromatic carbocycles.